The Morgan fingerprint density at radius 2 is 2.14 bits per heavy atom. The third-order valence-corrected chi connectivity index (χ3v) is 3.82. The molecule has 0 saturated heterocycles. The molecular formula is C17H25N3O. The molecule has 4 nitrogen and oxygen atoms in total. The van der Waals surface area contributed by atoms with E-state index in [1.165, 1.54) is 25.7 Å². The molecule has 4 heteroatoms. The molecule has 0 aliphatic rings. The number of benzene rings is 1. The molecule has 2 rings (SSSR count). The molecule has 1 unspecified atom stereocenters. The fourth-order valence-corrected chi connectivity index (χ4v) is 2.58. The molecule has 0 spiro atoms. The van der Waals surface area contributed by atoms with Gasteiger partial charge < -0.3 is 16.0 Å². The number of unbranched alkanes of at least 4 members (excludes halogenated alkanes) is 3. The summed E-state index contributed by atoms with van der Waals surface area (Å²) >= 11 is 0. The Hall–Kier alpha value is -1.97. The van der Waals surface area contributed by atoms with Gasteiger partial charge >= 0.3 is 0 Å². The molecule has 0 aliphatic heterocycles. The van der Waals surface area contributed by atoms with Crippen LogP contribution in [0.2, 0.25) is 0 Å². The van der Waals surface area contributed by atoms with Crippen LogP contribution in [0.25, 0.3) is 10.9 Å². The third-order valence-electron chi connectivity index (χ3n) is 3.82. The monoisotopic (exact) mass is 287 g/mol. The maximum Gasteiger partial charge on any atom is 0.253 e. The van der Waals surface area contributed by atoms with Crippen LogP contribution in [0.15, 0.2) is 24.4 Å². The minimum absolute atomic E-state index is 0.0194. The first-order valence-electron chi connectivity index (χ1n) is 7.79. The molecule has 1 atom stereocenters. The summed E-state index contributed by atoms with van der Waals surface area (Å²) in [6.07, 6.45) is 7.69. The van der Waals surface area contributed by atoms with E-state index in [1.807, 2.05) is 18.2 Å². The standard InChI is InChI=1S/C17H25N3O/c1-3-4-5-6-7-12(2)20-17(21)15-11-19-16-10-13(18)8-9-14(15)16/h8-12,19H,3-7,18H2,1-2H3,(H,20,21). The Labute approximate surface area is 126 Å². The van der Waals surface area contributed by atoms with Crippen molar-refractivity contribution in [2.24, 2.45) is 0 Å². The molecule has 114 valence electrons. The number of H-pyrrole nitrogens is 1. The average molecular weight is 287 g/mol. The van der Waals surface area contributed by atoms with Gasteiger partial charge in [0.2, 0.25) is 0 Å². The van der Waals surface area contributed by atoms with E-state index in [-0.39, 0.29) is 11.9 Å². The first kappa shape index (κ1) is 15.4. The third kappa shape index (κ3) is 4.00. The van der Waals surface area contributed by atoms with Crippen LogP contribution in [0.1, 0.15) is 56.3 Å². The van der Waals surface area contributed by atoms with Crippen LogP contribution < -0.4 is 11.1 Å². The van der Waals surface area contributed by atoms with Crippen molar-refractivity contribution in [3.63, 3.8) is 0 Å². The molecule has 1 aromatic heterocycles. The van der Waals surface area contributed by atoms with E-state index in [1.54, 1.807) is 6.20 Å². The molecule has 0 bridgehead atoms. The Balaban J connectivity index is 1.95. The van der Waals surface area contributed by atoms with Crippen molar-refractivity contribution in [1.82, 2.24) is 10.3 Å². The molecule has 1 aromatic carbocycles. The fourth-order valence-electron chi connectivity index (χ4n) is 2.58. The molecule has 21 heavy (non-hydrogen) atoms. The summed E-state index contributed by atoms with van der Waals surface area (Å²) in [5, 5.41) is 3.99. The van der Waals surface area contributed by atoms with E-state index in [0.29, 0.717) is 11.3 Å². The highest BCUT2D eigenvalue weighted by atomic mass is 16.1. The van der Waals surface area contributed by atoms with Crippen molar-refractivity contribution in [3.8, 4) is 0 Å². The van der Waals surface area contributed by atoms with Crippen LogP contribution in [0, 0.1) is 0 Å². The number of carbonyl (C=O) groups excluding carboxylic acids is 1. The van der Waals surface area contributed by atoms with E-state index in [9.17, 15) is 4.79 Å². The predicted octanol–water partition coefficient (Wildman–Crippen LogP) is 3.84. The highest BCUT2D eigenvalue weighted by Crippen LogP contribution is 2.20. The average Bonchev–Trinajstić information content (AvgIpc) is 2.86. The van der Waals surface area contributed by atoms with E-state index in [4.69, 9.17) is 5.73 Å². The second-order valence-electron chi connectivity index (χ2n) is 5.73. The number of rotatable bonds is 7. The lowest BCUT2D eigenvalue weighted by Gasteiger charge is -2.13. The zero-order valence-corrected chi connectivity index (χ0v) is 12.9. The zero-order valence-electron chi connectivity index (χ0n) is 12.9. The van der Waals surface area contributed by atoms with Gasteiger partial charge in [-0.1, -0.05) is 32.6 Å². The van der Waals surface area contributed by atoms with Gasteiger partial charge in [-0.25, -0.2) is 0 Å². The summed E-state index contributed by atoms with van der Waals surface area (Å²) in [4.78, 5) is 15.4. The van der Waals surface area contributed by atoms with Crippen LogP contribution in [-0.4, -0.2) is 16.9 Å². The minimum atomic E-state index is -0.0194. The number of hydrogen-bond donors (Lipinski definition) is 3. The van der Waals surface area contributed by atoms with E-state index in [2.05, 4.69) is 24.1 Å². The highest BCUT2D eigenvalue weighted by molar-refractivity contribution is 6.07. The van der Waals surface area contributed by atoms with Crippen molar-refractivity contribution < 1.29 is 4.79 Å². The largest absolute Gasteiger partial charge is 0.399 e. The Morgan fingerprint density at radius 1 is 1.33 bits per heavy atom. The summed E-state index contributed by atoms with van der Waals surface area (Å²) in [5.41, 5.74) is 8.03. The van der Waals surface area contributed by atoms with Gasteiger partial charge in [0.05, 0.1) is 5.56 Å². The van der Waals surface area contributed by atoms with Gasteiger partial charge in [-0.05, 0) is 31.5 Å². The van der Waals surface area contributed by atoms with Crippen LogP contribution in [-0.2, 0) is 0 Å². The number of fused-ring (bicyclic) bond motifs is 1. The maximum atomic E-state index is 12.3. The Kier molecular flexibility index (Phi) is 5.26. The second-order valence-corrected chi connectivity index (χ2v) is 5.73. The molecule has 0 fully saturated rings. The second kappa shape index (κ2) is 7.16. The van der Waals surface area contributed by atoms with Gasteiger partial charge in [-0.2, -0.15) is 0 Å². The maximum absolute atomic E-state index is 12.3. The number of nitrogens with one attached hydrogen (secondary N) is 2. The molecule has 4 N–H and O–H groups in total. The van der Waals surface area contributed by atoms with Gasteiger partial charge in [0.1, 0.15) is 0 Å². The van der Waals surface area contributed by atoms with Gasteiger partial charge in [0.25, 0.3) is 5.91 Å². The number of hydrogen-bond acceptors (Lipinski definition) is 2. The summed E-state index contributed by atoms with van der Waals surface area (Å²) < 4.78 is 0. The first-order valence-corrected chi connectivity index (χ1v) is 7.79. The molecular weight excluding hydrogens is 262 g/mol. The Morgan fingerprint density at radius 3 is 2.90 bits per heavy atom. The number of anilines is 1. The molecule has 1 amide bonds. The van der Waals surface area contributed by atoms with Crippen LogP contribution in [0.3, 0.4) is 0 Å². The molecule has 0 radical (unpaired) electrons. The molecule has 0 saturated carbocycles. The number of nitrogen functional groups attached to an aromatic ring is 1. The van der Waals surface area contributed by atoms with E-state index in [0.717, 1.165) is 17.3 Å². The van der Waals surface area contributed by atoms with E-state index >= 15 is 0 Å². The molecule has 1 heterocycles. The van der Waals surface area contributed by atoms with Crippen LogP contribution in [0.5, 0.6) is 0 Å². The van der Waals surface area contributed by atoms with Crippen molar-refractivity contribution >= 4 is 22.5 Å². The summed E-state index contributed by atoms with van der Waals surface area (Å²) in [6, 6.07) is 5.76. The quantitative estimate of drug-likeness (QED) is 0.535. The molecule has 0 aliphatic carbocycles. The lowest BCUT2D eigenvalue weighted by atomic mass is 10.1. The number of amides is 1. The SMILES string of the molecule is CCCCCCC(C)NC(=O)c1c[nH]c2cc(N)ccc12. The topological polar surface area (TPSA) is 70.9 Å². The van der Waals surface area contributed by atoms with Crippen molar-refractivity contribution in [1.29, 1.82) is 0 Å². The minimum Gasteiger partial charge on any atom is -0.399 e. The van der Waals surface area contributed by atoms with E-state index < -0.39 is 0 Å². The lowest BCUT2D eigenvalue weighted by molar-refractivity contribution is 0.0939. The van der Waals surface area contributed by atoms with Gasteiger partial charge in [-0.15, -0.1) is 0 Å². The number of aromatic amines is 1. The number of nitrogens with two attached hydrogens (primary N) is 1. The predicted molar refractivity (Wildman–Crippen MR) is 88.4 cm³/mol. The van der Waals surface area contributed by atoms with Gasteiger partial charge in [0, 0.05) is 28.8 Å². The Bertz CT molecular complexity index is 603. The number of carbonyl (C=O) groups is 1. The van der Waals surface area contributed by atoms with Crippen LogP contribution in [0.4, 0.5) is 5.69 Å². The summed E-state index contributed by atoms with van der Waals surface area (Å²) in [7, 11) is 0. The lowest BCUT2D eigenvalue weighted by Crippen LogP contribution is -2.32. The van der Waals surface area contributed by atoms with Gasteiger partial charge in [0.15, 0.2) is 0 Å². The number of aromatic nitrogens is 1. The first-order chi connectivity index (χ1) is 10.1. The normalized spacial score (nSPS) is 12.5. The van der Waals surface area contributed by atoms with Crippen molar-refractivity contribution in [2.45, 2.75) is 52.0 Å². The highest BCUT2D eigenvalue weighted by Gasteiger charge is 2.14. The van der Waals surface area contributed by atoms with Crippen molar-refractivity contribution in [3.05, 3.63) is 30.0 Å². The fraction of sp³-hybridized carbons (Fsp3) is 0.471. The van der Waals surface area contributed by atoms with Crippen LogP contribution >= 0.6 is 0 Å². The van der Waals surface area contributed by atoms with Crippen molar-refractivity contribution in [2.75, 3.05) is 5.73 Å². The van der Waals surface area contributed by atoms with Gasteiger partial charge in [-0.3, -0.25) is 4.79 Å². The molecule has 2 aromatic rings. The smallest absolute Gasteiger partial charge is 0.253 e. The summed E-state index contributed by atoms with van der Waals surface area (Å²) in [6.45, 7) is 4.27. The zero-order chi connectivity index (χ0) is 15.2. The summed E-state index contributed by atoms with van der Waals surface area (Å²) in [5.74, 6) is -0.0194.